The second kappa shape index (κ2) is 7.00. The maximum atomic E-state index is 10.9. The normalized spacial score (nSPS) is 18.6. The lowest BCUT2D eigenvalue weighted by Crippen LogP contribution is -2.38. The van der Waals surface area contributed by atoms with Gasteiger partial charge >= 0.3 is 0 Å². The highest BCUT2D eigenvalue weighted by molar-refractivity contribution is 5.43. The Morgan fingerprint density at radius 2 is 1.35 bits per heavy atom. The van der Waals surface area contributed by atoms with Crippen LogP contribution in [0.15, 0.2) is 60.2 Å². The third-order valence-electron chi connectivity index (χ3n) is 5.15. The molecule has 0 saturated heterocycles. The molecule has 1 aliphatic carbocycles. The molecule has 1 aliphatic rings. The van der Waals surface area contributed by atoms with E-state index < -0.39 is 11.5 Å². The average molecular weight is 350 g/mol. The van der Waals surface area contributed by atoms with Crippen molar-refractivity contribution < 1.29 is 15.3 Å². The Balaban J connectivity index is 2.07. The number of benzene rings is 2. The van der Waals surface area contributed by atoms with Gasteiger partial charge in [-0.25, -0.2) is 0 Å². The van der Waals surface area contributed by atoms with Gasteiger partial charge in [0.25, 0.3) is 0 Å². The zero-order valence-electron chi connectivity index (χ0n) is 15.5. The van der Waals surface area contributed by atoms with E-state index in [9.17, 15) is 15.3 Å². The monoisotopic (exact) mass is 350 g/mol. The topological polar surface area (TPSA) is 60.7 Å². The summed E-state index contributed by atoms with van der Waals surface area (Å²) in [5.41, 5.74) is 4.16. The number of hydrogen-bond donors (Lipinski definition) is 3. The Morgan fingerprint density at radius 3 is 1.85 bits per heavy atom. The van der Waals surface area contributed by atoms with Crippen LogP contribution in [-0.4, -0.2) is 21.4 Å². The van der Waals surface area contributed by atoms with Gasteiger partial charge in [0.15, 0.2) is 0 Å². The van der Waals surface area contributed by atoms with Crippen molar-refractivity contribution in [3.63, 3.8) is 0 Å². The number of aromatic hydroxyl groups is 2. The van der Waals surface area contributed by atoms with Crippen LogP contribution >= 0.6 is 0 Å². The summed E-state index contributed by atoms with van der Waals surface area (Å²) in [5, 5.41) is 31.5. The molecule has 3 nitrogen and oxygen atoms in total. The summed E-state index contributed by atoms with van der Waals surface area (Å²) in [6, 6.07) is 11.1. The first kappa shape index (κ1) is 18.3. The quantitative estimate of drug-likeness (QED) is 0.768. The number of aryl methyl sites for hydroxylation is 2. The third-order valence-corrected chi connectivity index (χ3v) is 5.15. The highest BCUT2D eigenvalue weighted by Crippen LogP contribution is 2.41. The number of phenols is 2. The van der Waals surface area contributed by atoms with Crippen molar-refractivity contribution in [2.24, 2.45) is 5.41 Å². The van der Waals surface area contributed by atoms with E-state index in [2.05, 4.69) is 6.08 Å². The molecule has 2 aromatic rings. The summed E-state index contributed by atoms with van der Waals surface area (Å²) in [6.07, 6.45) is 6.05. The number of rotatable bonds is 4. The minimum atomic E-state index is -0.703. The molecule has 0 saturated carbocycles. The molecule has 0 amide bonds. The molecule has 136 valence electrons. The van der Waals surface area contributed by atoms with E-state index in [1.165, 1.54) is 0 Å². The van der Waals surface area contributed by atoms with Crippen molar-refractivity contribution in [1.82, 2.24) is 0 Å². The van der Waals surface area contributed by atoms with Gasteiger partial charge in [0.2, 0.25) is 0 Å². The molecule has 0 radical (unpaired) electrons. The van der Waals surface area contributed by atoms with Gasteiger partial charge in [0.05, 0.1) is 6.10 Å². The number of aliphatic hydroxyl groups is 1. The fourth-order valence-corrected chi connectivity index (χ4v) is 3.82. The number of allylic oxidation sites excluding steroid dienone is 2. The second-order valence-corrected chi connectivity index (χ2v) is 7.54. The van der Waals surface area contributed by atoms with E-state index >= 15 is 0 Å². The molecule has 0 spiro atoms. The molecule has 0 heterocycles. The Kier molecular flexibility index (Phi) is 4.92. The zero-order chi connectivity index (χ0) is 18.9. The fourth-order valence-electron chi connectivity index (χ4n) is 3.82. The summed E-state index contributed by atoms with van der Waals surface area (Å²) >= 11 is 0. The van der Waals surface area contributed by atoms with Crippen LogP contribution < -0.4 is 0 Å². The van der Waals surface area contributed by atoms with Crippen molar-refractivity contribution in [1.29, 1.82) is 0 Å². The minimum Gasteiger partial charge on any atom is -0.508 e. The molecular formula is C23H26O3. The van der Waals surface area contributed by atoms with Crippen LogP contribution in [0.4, 0.5) is 0 Å². The second-order valence-electron chi connectivity index (χ2n) is 7.54. The average Bonchev–Trinajstić information content (AvgIpc) is 2.58. The number of phenolic OH excluding ortho intramolecular Hbond substituents is 2. The van der Waals surface area contributed by atoms with E-state index in [1.807, 2.05) is 51.1 Å². The maximum absolute atomic E-state index is 10.9. The lowest BCUT2D eigenvalue weighted by molar-refractivity contribution is 0.0949. The molecule has 0 aliphatic heterocycles. The van der Waals surface area contributed by atoms with Crippen LogP contribution in [-0.2, 0) is 12.8 Å². The maximum Gasteiger partial charge on any atom is 0.118 e. The van der Waals surface area contributed by atoms with Gasteiger partial charge in [-0.2, -0.15) is 0 Å². The van der Waals surface area contributed by atoms with Crippen LogP contribution in [0.5, 0.6) is 11.5 Å². The van der Waals surface area contributed by atoms with Crippen molar-refractivity contribution in [3.05, 3.63) is 82.5 Å². The van der Waals surface area contributed by atoms with Gasteiger partial charge in [-0.15, -0.1) is 0 Å². The van der Waals surface area contributed by atoms with Crippen LogP contribution in [0.3, 0.4) is 0 Å². The van der Waals surface area contributed by atoms with Crippen molar-refractivity contribution in [2.75, 3.05) is 0 Å². The molecule has 3 N–H and O–H groups in total. The van der Waals surface area contributed by atoms with E-state index in [4.69, 9.17) is 0 Å². The van der Waals surface area contributed by atoms with E-state index in [1.54, 1.807) is 18.2 Å². The SMILES string of the molecule is CC1=CC(Cc2cc(C)ccc2O)(Cc2cc(C)ccc2O)C(O)C=C1. The van der Waals surface area contributed by atoms with Crippen LogP contribution in [0.25, 0.3) is 0 Å². The first-order valence-corrected chi connectivity index (χ1v) is 8.92. The molecule has 3 rings (SSSR count). The molecule has 3 heteroatoms. The van der Waals surface area contributed by atoms with Crippen LogP contribution in [0.1, 0.15) is 29.2 Å². The van der Waals surface area contributed by atoms with Gasteiger partial charge < -0.3 is 15.3 Å². The summed E-state index contributed by atoms with van der Waals surface area (Å²) in [6.45, 7) is 5.98. The highest BCUT2D eigenvalue weighted by Gasteiger charge is 2.38. The molecule has 0 aromatic heterocycles. The predicted molar refractivity (Wildman–Crippen MR) is 104 cm³/mol. The van der Waals surface area contributed by atoms with Crippen molar-refractivity contribution in [2.45, 2.75) is 39.7 Å². The third kappa shape index (κ3) is 3.68. The van der Waals surface area contributed by atoms with Crippen molar-refractivity contribution in [3.8, 4) is 11.5 Å². The molecule has 26 heavy (non-hydrogen) atoms. The number of hydrogen-bond acceptors (Lipinski definition) is 3. The number of aliphatic hydroxyl groups excluding tert-OH is 1. The molecule has 1 atom stereocenters. The largest absolute Gasteiger partial charge is 0.508 e. The van der Waals surface area contributed by atoms with Crippen molar-refractivity contribution >= 4 is 0 Å². The Morgan fingerprint density at radius 1 is 0.846 bits per heavy atom. The van der Waals surface area contributed by atoms with Gasteiger partial charge in [0.1, 0.15) is 11.5 Å². The summed E-state index contributed by atoms with van der Waals surface area (Å²) in [5.74, 6) is 0.465. The highest BCUT2D eigenvalue weighted by atomic mass is 16.3. The molecule has 2 aromatic carbocycles. The predicted octanol–water partition coefficient (Wildman–Crippen LogP) is 4.36. The van der Waals surface area contributed by atoms with Gasteiger partial charge in [-0.3, -0.25) is 0 Å². The molecule has 0 fully saturated rings. The first-order chi connectivity index (χ1) is 12.3. The lowest BCUT2D eigenvalue weighted by atomic mass is 9.69. The Bertz CT molecular complexity index is 824. The molecular weight excluding hydrogens is 324 g/mol. The first-order valence-electron chi connectivity index (χ1n) is 8.92. The lowest BCUT2D eigenvalue weighted by Gasteiger charge is -2.37. The van der Waals surface area contributed by atoms with Gasteiger partial charge in [0, 0.05) is 5.41 Å². The van der Waals surface area contributed by atoms with Crippen LogP contribution in [0.2, 0.25) is 0 Å². The standard InChI is InChI=1S/C23H26O3/c1-15-4-7-20(24)18(10-15)13-23(12-17(3)6-9-22(23)26)14-19-11-16(2)5-8-21(19)25/h4-12,22,24-26H,13-14H2,1-3H3. The summed E-state index contributed by atoms with van der Waals surface area (Å²) < 4.78 is 0. The summed E-state index contributed by atoms with van der Waals surface area (Å²) in [7, 11) is 0. The van der Waals surface area contributed by atoms with E-state index in [0.717, 1.165) is 27.8 Å². The van der Waals surface area contributed by atoms with Gasteiger partial charge in [-0.1, -0.05) is 59.2 Å². The minimum absolute atomic E-state index is 0.233. The molecule has 1 unspecified atom stereocenters. The fraction of sp³-hybridized carbons (Fsp3) is 0.304. The summed E-state index contributed by atoms with van der Waals surface area (Å²) in [4.78, 5) is 0. The van der Waals surface area contributed by atoms with E-state index in [-0.39, 0.29) is 11.5 Å². The van der Waals surface area contributed by atoms with Gasteiger partial charge in [-0.05, 0) is 56.9 Å². The zero-order valence-corrected chi connectivity index (χ0v) is 15.5. The van der Waals surface area contributed by atoms with E-state index in [0.29, 0.717) is 12.8 Å². The Hall–Kier alpha value is -2.52. The smallest absolute Gasteiger partial charge is 0.118 e. The molecule has 0 bridgehead atoms. The Labute approximate surface area is 155 Å². The van der Waals surface area contributed by atoms with Crippen LogP contribution in [0, 0.1) is 19.3 Å².